The van der Waals surface area contributed by atoms with E-state index in [2.05, 4.69) is 0 Å². The molecule has 0 N–H and O–H groups in total. The van der Waals surface area contributed by atoms with Crippen LogP contribution in [0.2, 0.25) is 0 Å². The molecule has 1 heterocycles. The Hall–Kier alpha value is -1.82. The quantitative estimate of drug-likeness (QED) is 0.542. The number of carbonyl (C=O) groups is 2. The van der Waals surface area contributed by atoms with Crippen LogP contribution in [0.15, 0.2) is 30.3 Å². The van der Waals surface area contributed by atoms with Crippen LogP contribution in [-0.2, 0) is 20.9 Å². The molecule has 2 unspecified atom stereocenters. The van der Waals surface area contributed by atoms with Gasteiger partial charge in [0.1, 0.15) is 18.8 Å². The molecule has 7 heteroatoms. The fraction of sp³-hybridized carbons (Fsp3) is 0.556. The van der Waals surface area contributed by atoms with E-state index in [1.165, 1.54) is 12.0 Å². The zero-order valence-corrected chi connectivity index (χ0v) is 15.0. The maximum absolute atomic E-state index is 13.5. The topological polar surface area (TPSA) is 55.8 Å². The van der Waals surface area contributed by atoms with Gasteiger partial charge in [0.05, 0.1) is 13.2 Å². The lowest BCUT2D eigenvalue weighted by atomic mass is 9.91. The van der Waals surface area contributed by atoms with Crippen LogP contribution < -0.4 is 0 Å². The molecule has 1 aromatic rings. The number of esters is 1. The highest BCUT2D eigenvalue weighted by molar-refractivity contribution is 6.17. The Balaban J connectivity index is 2.20. The number of hydrogen-bond acceptors (Lipinski definition) is 4. The number of halogens is 2. The van der Waals surface area contributed by atoms with Crippen LogP contribution in [0.4, 0.5) is 9.18 Å². The smallest absolute Gasteiger partial charge is 0.411 e. The highest BCUT2D eigenvalue weighted by Gasteiger charge is 2.55. The van der Waals surface area contributed by atoms with Gasteiger partial charge in [0.2, 0.25) is 0 Å². The van der Waals surface area contributed by atoms with Crippen LogP contribution in [0, 0.1) is 0 Å². The van der Waals surface area contributed by atoms with Crippen LogP contribution in [-0.4, -0.2) is 48.2 Å². The van der Waals surface area contributed by atoms with E-state index in [0.717, 1.165) is 5.56 Å². The Morgan fingerprint density at radius 3 is 2.68 bits per heavy atom. The number of methoxy groups -OCH3 is 1. The molecule has 0 bridgehead atoms. The molecule has 25 heavy (non-hydrogen) atoms. The molecule has 2 rings (SSSR count). The van der Waals surface area contributed by atoms with Crippen molar-refractivity contribution in [2.24, 2.45) is 0 Å². The summed E-state index contributed by atoms with van der Waals surface area (Å²) in [4.78, 5) is 26.4. The first kappa shape index (κ1) is 19.5. The lowest BCUT2D eigenvalue weighted by Crippen LogP contribution is -2.56. The molecule has 1 aliphatic heterocycles. The molecule has 1 amide bonds. The summed E-state index contributed by atoms with van der Waals surface area (Å²) in [5, 5.41) is 0. The van der Waals surface area contributed by atoms with Crippen molar-refractivity contribution in [1.29, 1.82) is 0 Å². The number of ether oxygens (including phenoxy) is 2. The summed E-state index contributed by atoms with van der Waals surface area (Å²) in [5.41, 5.74) is -0.398. The maximum atomic E-state index is 13.5. The van der Waals surface area contributed by atoms with Crippen molar-refractivity contribution in [3.8, 4) is 0 Å². The summed E-state index contributed by atoms with van der Waals surface area (Å²) in [7, 11) is 1.26. The molecule has 5 nitrogen and oxygen atoms in total. The van der Waals surface area contributed by atoms with E-state index in [0.29, 0.717) is 31.6 Å². The van der Waals surface area contributed by atoms with Gasteiger partial charge in [-0.25, -0.2) is 14.0 Å². The van der Waals surface area contributed by atoms with Gasteiger partial charge in [-0.2, -0.15) is 0 Å². The number of carbonyl (C=O) groups excluding carboxylic acids is 2. The molecule has 2 atom stereocenters. The molecule has 138 valence electrons. The second-order valence-electron chi connectivity index (χ2n) is 6.07. The average Bonchev–Trinajstić information content (AvgIpc) is 3.04. The molecule has 1 fully saturated rings. The van der Waals surface area contributed by atoms with Crippen molar-refractivity contribution in [2.45, 2.75) is 43.9 Å². The number of hydrogen-bond donors (Lipinski definition) is 0. The molecule has 0 radical (unpaired) electrons. The summed E-state index contributed by atoms with van der Waals surface area (Å²) in [6.07, 6.45) is 0.849. The van der Waals surface area contributed by atoms with Gasteiger partial charge < -0.3 is 9.47 Å². The van der Waals surface area contributed by atoms with Crippen molar-refractivity contribution >= 4 is 23.7 Å². The zero-order chi connectivity index (χ0) is 18.3. The van der Waals surface area contributed by atoms with Gasteiger partial charge in [0.15, 0.2) is 0 Å². The molecular formula is C18H23ClFNO4. The molecule has 1 aromatic carbocycles. The first-order valence-corrected chi connectivity index (χ1v) is 8.83. The van der Waals surface area contributed by atoms with E-state index in [4.69, 9.17) is 21.1 Å². The Morgan fingerprint density at radius 1 is 1.36 bits per heavy atom. The maximum Gasteiger partial charge on any atom is 0.411 e. The van der Waals surface area contributed by atoms with E-state index in [-0.39, 0.29) is 6.61 Å². The van der Waals surface area contributed by atoms with Gasteiger partial charge in [-0.05, 0) is 31.2 Å². The third-order valence-corrected chi connectivity index (χ3v) is 4.85. The minimum atomic E-state index is -1.21. The van der Waals surface area contributed by atoms with Crippen molar-refractivity contribution < 1.29 is 23.5 Å². The predicted octanol–water partition coefficient (Wildman–Crippen LogP) is 3.69. The number of rotatable bonds is 7. The van der Waals surface area contributed by atoms with Crippen molar-refractivity contribution in [3.63, 3.8) is 0 Å². The third-order valence-electron chi connectivity index (χ3n) is 4.59. The normalized spacial score (nSPS) is 22.7. The van der Waals surface area contributed by atoms with E-state index in [9.17, 15) is 14.0 Å². The fourth-order valence-electron chi connectivity index (χ4n) is 3.36. The number of alkyl halides is 2. The van der Waals surface area contributed by atoms with Crippen molar-refractivity contribution in [2.75, 3.05) is 19.7 Å². The molecular weight excluding hydrogens is 349 g/mol. The van der Waals surface area contributed by atoms with E-state index in [1.54, 1.807) is 0 Å². The number of amides is 1. The molecule has 1 aliphatic rings. The Kier molecular flexibility index (Phi) is 7.05. The predicted molar refractivity (Wildman–Crippen MR) is 92.2 cm³/mol. The standard InChI is InChI=1S/C18H23ClFNO4/c1-24-16(22)18(9-5-11-19)10-8-15(12-20)21(18)17(23)25-13-14-6-3-2-4-7-14/h2-4,6-7,15H,5,8-13H2,1H3. The lowest BCUT2D eigenvalue weighted by molar-refractivity contribution is -0.154. The Morgan fingerprint density at radius 2 is 2.08 bits per heavy atom. The monoisotopic (exact) mass is 371 g/mol. The van der Waals surface area contributed by atoms with Crippen LogP contribution in [0.3, 0.4) is 0 Å². The summed E-state index contributed by atoms with van der Waals surface area (Å²) < 4.78 is 23.7. The van der Waals surface area contributed by atoms with Crippen LogP contribution in [0.25, 0.3) is 0 Å². The number of nitrogens with zero attached hydrogens (tertiary/aromatic N) is 1. The second kappa shape index (κ2) is 9.04. The largest absolute Gasteiger partial charge is 0.467 e. The van der Waals surface area contributed by atoms with Gasteiger partial charge >= 0.3 is 12.1 Å². The van der Waals surface area contributed by atoms with E-state index in [1.807, 2.05) is 30.3 Å². The fourth-order valence-corrected chi connectivity index (χ4v) is 3.49. The highest BCUT2D eigenvalue weighted by atomic mass is 35.5. The third kappa shape index (κ3) is 4.24. The highest BCUT2D eigenvalue weighted by Crippen LogP contribution is 2.39. The van der Waals surface area contributed by atoms with Crippen LogP contribution >= 0.6 is 11.6 Å². The Labute approximate surface area is 152 Å². The molecule has 0 spiro atoms. The number of benzene rings is 1. The summed E-state index contributed by atoms with van der Waals surface area (Å²) in [6, 6.07) is 8.48. The van der Waals surface area contributed by atoms with Gasteiger partial charge in [-0.3, -0.25) is 4.90 Å². The second-order valence-corrected chi connectivity index (χ2v) is 6.45. The van der Waals surface area contributed by atoms with Crippen molar-refractivity contribution in [1.82, 2.24) is 4.90 Å². The molecule has 0 aromatic heterocycles. The summed E-state index contributed by atoms with van der Waals surface area (Å²) in [6.45, 7) is -0.679. The SMILES string of the molecule is COC(=O)C1(CCCCl)CCC(CF)N1C(=O)OCc1ccccc1. The van der Waals surface area contributed by atoms with Gasteiger partial charge in [-0.1, -0.05) is 30.3 Å². The van der Waals surface area contributed by atoms with Gasteiger partial charge in [-0.15, -0.1) is 11.6 Å². The van der Waals surface area contributed by atoms with Gasteiger partial charge in [0.25, 0.3) is 0 Å². The average molecular weight is 372 g/mol. The van der Waals surface area contributed by atoms with E-state index >= 15 is 0 Å². The van der Waals surface area contributed by atoms with Crippen molar-refractivity contribution in [3.05, 3.63) is 35.9 Å². The summed E-state index contributed by atoms with van der Waals surface area (Å²) >= 11 is 5.77. The first-order valence-electron chi connectivity index (χ1n) is 8.29. The summed E-state index contributed by atoms with van der Waals surface area (Å²) in [5.74, 6) is -0.211. The zero-order valence-electron chi connectivity index (χ0n) is 14.2. The Bertz CT molecular complexity index is 586. The van der Waals surface area contributed by atoms with Crippen LogP contribution in [0.1, 0.15) is 31.2 Å². The number of likely N-dealkylation sites (tertiary alicyclic amines) is 1. The minimum absolute atomic E-state index is 0.0575. The lowest BCUT2D eigenvalue weighted by Gasteiger charge is -2.37. The first-order chi connectivity index (χ1) is 12.1. The molecule has 0 aliphatic carbocycles. The van der Waals surface area contributed by atoms with E-state index < -0.39 is 30.3 Å². The molecule has 1 saturated heterocycles. The van der Waals surface area contributed by atoms with Gasteiger partial charge in [0, 0.05) is 5.88 Å². The molecule has 0 saturated carbocycles. The minimum Gasteiger partial charge on any atom is -0.467 e. The van der Waals surface area contributed by atoms with Crippen LogP contribution in [0.5, 0.6) is 0 Å².